The van der Waals surface area contributed by atoms with E-state index >= 15 is 0 Å². The summed E-state index contributed by atoms with van der Waals surface area (Å²) in [6.45, 7) is 4.09. The monoisotopic (exact) mass is 228 g/mol. The van der Waals surface area contributed by atoms with Gasteiger partial charge < -0.3 is 0 Å². The lowest BCUT2D eigenvalue weighted by atomic mass is 10.1. The Hall–Kier alpha value is -1.64. The molecule has 2 aliphatic rings. The summed E-state index contributed by atoms with van der Waals surface area (Å²) in [7, 11) is 0. The fourth-order valence-corrected chi connectivity index (χ4v) is 2.32. The van der Waals surface area contributed by atoms with E-state index in [0.29, 0.717) is 12.3 Å². The summed E-state index contributed by atoms with van der Waals surface area (Å²) in [5.74, 6) is 0.688. The van der Waals surface area contributed by atoms with Crippen molar-refractivity contribution in [1.82, 2.24) is 0 Å². The molecule has 17 heavy (non-hydrogen) atoms. The zero-order chi connectivity index (χ0) is 12.0. The predicted molar refractivity (Wildman–Crippen MR) is 68.2 cm³/mol. The van der Waals surface area contributed by atoms with Gasteiger partial charge in [-0.1, -0.05) is 17.7 Å². The summed E-state index contributed by atoms with van der Waals surface area (Å²) in [6.07, 6.45) is 2.91. The molecule has 88 valence electrons. The number of hydrogen-bond donors (Lipinski definition) is 0. The van der Waals surface area contributed by atoms with E-state index in [2.05, 4.69) is 18.1 Å². The molecule has 3 nitrogen and oxygen atoms in total. The topological polar surface area (TPSA) is 32.7 Å². The molecule has 1 fully saturated rings. The maximum absolute atomic E-state index is 12.0. The van der Waals surface area contributed by atoms with Crippen LogP contribution < -0.4 is 5.01 Å². The van der Waals surface area contributed by atoms with Crippen LogP contribution in [0.4, 0.5) is 5.69 Å². The molecule has 1 saturated carbocycles. The number of aryl methyl sites for hydroxylation is 2. The molecule has 0 N–H and O–H groups in total. The molecular formula is C14H16N2O. The summed E-state index contributed by atoms with van der Waals surface area (Å²) < 4.78 is 0. The highest BCUT2D eigenvalue weighted by Crippen LogP contribution is 2.36. The average Bonchev–Trinajstić information content (AvgIpc) is 3.04. The Morgan fingerprint density at radius 2 is 2.06 bits per heavy atom. The van der Waals surface area contributed by atoms with E-state index in [-0.39, 0.29) is 5.91 Å². The van der Waals surface area contributed by atoms with Crippen LogP contribution in [0.3, 0.4) is 0 Å². The molecular weight excluding hydrogens is 212 g/mol. The third kappa shape index (κ3) is 1.86. The first-order valence-electron chi connectivity index (χ1n) is 6.13. The Bertz CT molecular complexity index is 515. The molecule has 3 heteroatoms. The molecule has 0 unspecified atom stereocenters. The lowest BCUT2D eigenvalue weighted by molar-refractivity contribution is -0.116. The lowest BCUT2D eigenvalue weighted by Crippen LogP contribution is -2.20. The Labute approximate surface area is 101 Å². The van der Waals surface area contributed by atoms with Crippen LogP contribution in [0.1, 0.15) is 30.4 Å². The van der Waals surface area contributed by atoms with Gasteiger partial charge in [0.1, 0.15) is 0 Å². The van der Waals surface area contributed by atoms with E-state index in [4.69, 9.17) is 0 Å². The molecule has 0 aromatic heterocycles. The molecule has 1 heterocycles. The van der Waals surface area contributed by atoms with Crippen molar-refractivity contribution in [2.75, 3.05) is 5.01 Å². The lowest BCUT2D eigenvalue weighted by Gasteiger charge is -2.14. The van der Waals surface area contributed by atoms with Crippen molar-refractivity contribution in [3.05, 3.63) is 29.3 Å². The van der Waals surface area contributed by atoms with Gasteiger partial charge in [0.05, 0.1) is 17.8 Å². The second-order valence-electron chi connectivity index (χ2n) is 5.04. The van der Waals surface area contributed by atoms with Crippen LogP contribution in [0, 0.1) is 19.8 Å². The molecule has 1 amide bonds. The van der Waals surface area contributed by atoms with Gasteiger partial charge in [-0.25, -0.2) is 5.01 Å². The molecule has 1 aliphatic heterocycles. The van der Waals surface area contributed by atoms with Crippen LogP contribution in [-0.4, -0.2) is 11.6 Å². The maximum Gasteiger partial charge on any atom is 0.253 e. The van der Waals surface area contributed by atoms with E-state index in [1.165, 1.54) is 18.4 Å². The van der Waals surface area contributed by atoms with Gasteiger partial charge in [-0.15, -0.1) is 0 Å². The van der Waals surface area contributed by atoms with Crippen LogP contribution in [0.15, 0.2) is 23.3 Å². The quantitative estimate of drug-likeness (QED) is 0.766. The number of rotatable bonds is 2. The molecule has 1 aromatic carbocycles. The molecule has 3 rings (SSSR count). The summed E-state index contributed by atoms with van der Waals surface area (Å²) >= 11 is 0. The summed E-state index contributed by atoms with van der Waals surface area (Å²) in [5, 5.41) is 6.08. The van der Waals surface area contributed by atoms with E-state index in [1.54, 1.807) is 5.01 Å². The molecule has 0 bridgehead atoms. The highest BCUT2D eigenvalue weighted by Gasteiger charge is 2.35. The largest absolute Gasteiger partial charge is 0.272 e. The van der Waals surface area contributed by atoms with Crippen molar-refractivity contribution in [3.63, 3.8) is 0 Å². The smallest absolute Gasteiger partial charge is 0.253 e. The van der Waals surface area contributed by atoms with Gasteiger partial charge in [0, 0.05) is 0 Å². The third-order valence-corrected chi connectivity index (χ3v) is 3.43. The van der Waals surface area contributed by atoms with Crippen molar-refractivity contribution < 1.29 is 4.79 Å². The second-order valence-corrected chi connectivity index (χ2v) is 5.04. The van der Waals surface area contributed by atoms with Crippen LogP contribution in [0.5, 0.6) is 0 Å². The predicted octanol–water partition coefficient (Wildman–Crippen LogP) is 2.81. The van der Waals surface area contributed by atoms with Crippen molar-refractivity contribution in [1.29, 1.82) is 0 Å². The van der Waals surface area contributed by atoms with Crippen LogP contribution in [0.25, 0.3) is 0 Å². The molecule has 1 aromatic rings. The molecule has 0 saturated heterocycles. The van der Waals surface area contributed by atoms with Crippen LogP contribution in [0.2, 0.25) is 0 Å². The third-order valence-electron chi connectivity index (χ3n) is 3.43. The fourth-order valence-electron chi connectivity index (χ4n) is 2.32. The van der Waals surface area contributed by atoms with Crippen LogP contribution >= 0.6 is 0 Å². The average molecular weight is 228 g/mol. The maximum atomic E-state index is 12.0. The van der Waals surface area contributed by atoms with Crippen molar-refractivity contribution >= 4 is 17.3 Å². The number of amides is 1. The van der Waals surface area contributed by atoms with Crippen LogP contribution in [-0.2, 0) is 4.79 Å². The molecule has 0 radical (unpaired) electrons. The highest BCUT2D eigenvalue weighted by molar-refractivity contribution is 6.14. The van der Waals surface area contributed by atoms with Gasteiger partial charge in [-0.2, -0.15) is 5.10 Å². The zero-order valence-electron chi connectivity index (χ0n) is 10.2. The summed E-state index contributed by atoms with van der Waals surface area (Å²) in [6, 6.07) is 6.11. The van der Waals surface area contributed by atoms with E-state index in [9.17, 15) is 4.79 Å². The summed E-state index contributed by atoms with van der Waals surface area (Å²) in [4.78, 5) is 12.0. The molecule has 0 atom stereocenters. The SMILES string of the molecule is Cc1ccc(N2N=C(C3CC3)CC2=O)c(C)c1. The van der Waals surface area contributed by atoms with Crippen molar-refractivity contribution in [2.24, 2.45) is 11.0 Å². The zero-order valence-corrected chi connectivity index (χ0v) is 10.2. The Kier molecular flexibility index (Phi) is 2.28. The fraction of sp³-hybridized carbons (Fsp3) is 0.429. The number of hydrazone groups is 1. The van der Waals surface area contributed by atoms with Crippen molar-refractivity contribution in [2.45, 2.75) is 33.1 Å². The number of benzene rings is 1. The first-order valence-corrected chi connectivity index (χ1v) is 6.13. The van der Waals surface area contributed by atoms with Gasteiger partial charge in [0.25, 0.3) is 5.91 Å². The number of anilines is 1. The van der Waals surface area contributed by atoms with Crippen molar-refractivity contribution in [3.8, 4) is 0 Å². The van der Waals surface area contributed by atoms with E-state index < -0.39 is 0 Å². The standard InChI is InChI=1S/C14H16N2O/c1-9-3-6-13(10(2)7-9)16-14(17)8-12(15-16)11-4-5-11/h3,6-7,11H,4-5,8H2,1-2H3. The van der Waals surface area contributed by atoms with Gasteiger partial charge in [-0.05, 0) is 44.2 Å². The van der Waals surface area contributed by atoms with E-state index in [0.717, 1.165) is 17.0 Å². The summed E-state index contributed by atoms with van der Waals surface area (Å²) in [5.41, 5.74) is 4.33. The van der Waals surface area contributed by atoms with Gasteiger partial charge in [-0.3, -0.25) is 4.79 Å². The first kappa shape index (κ1) is 10.5. The minimum Gasteiger partial charge on any atom is -0.272 e. The first-order chi connectivity index (χ1) is 8.15. The normalized spacial score (nSPS) is 19.8. The number of nitrogens with zero attached hydrogens (tertiary/aromatic N) is 2. The second kappa shape index (κ2) is 3.69. The van der Waals surface area contributed by atoms with Gasteiger partial charge in [0.2, 0.25) is 0 Å². The van der Waals surface area contributed by atoms with E-state index in [1.807, 2.05) is 19.1 Å². The highest BCUT2D eigenvalue weighted by atomic mass is 16.2. The Morgan fingerprint density at radius 3 is 2.71 bits per heavy atom. The minimum atomic E-state index is 0.110. The Morgan fingerprint density at radius 1 is 1.29 bits per heavy atom. The molecule has 0 spiro atoms. The number of carbonyl (C=O) groups is 1. The number of hydrogen-bond acceptors (Lipinski definition) is 2. The van der Waals surface area contributed by atoms with Gasteiger partial charge >= 0.3 is 0 Å². The van der Waals surface area contributed by atoms with Gasteiger partial charge in [0.15, 0.2) is 0 Å². The number of carbonyl (C=O) groups excluding carboxylic acids is 1. The Balaban J connectivity index is 1.95. The minimum absolute atomic E-state index is 0.110. The molecule has 1 aliphatic carbocycles.